The highest BCUT2D eigenvalue weighted by atomic mass is 16.5. The van der Waals surface area contributed by atoms with Crippen LogP contribution in [-0.2, 0) is 0 Å². The summed E-state index contributed by atoms with van der Waals surface area (Å²) in [5, 5.41) is 10.1. The molecule has 0 aliphatic rings. The summed E-state index contributed by atoms with van der Waals surface area (Å²) in [6, 6.07) is 26.1. The highest BCUT2D eigenvalue weighted by Crippen LogP contribution is 2.41. The molecule has 2 nitrogen and oxygen atoms in total. The predicted octanol–water partition coefficient (Wildman–Crippen LogP) is 7.49. The molecule has 0 N–H and O–H groups in total. The lowest BCUT2D eigenvalue weighted by atomic mass is 9.91. The number of hydrogen-bond acceptors (Lipinski definition) is 2. The van der Waals surface area contributed by atoms with Crippen LogP contribution in [0.4, 0.5) is 0 Å². The maximum atomic E-state index is 6.10. The second-order valence-electron chi connectivity index (χ2n) is 7.51. The monoisotopic (exact) mass is 380 g/mol. The Morgan fingerprint density at radius 1 is 0.655 bits per heavy atom. The van der Waals surface area contributed by atoms with Gasteiger partial charge >= 0.3 is 0 Å². The molecular weight excluding hydrogens is 356 g/mol. The van der Waals surface area contributed by atoms with Crippen molar-refractivity contribution in [2.24, 2.45) is 0 Å². The van der Waals surface area contributed by atoms with Crippen molar-refractivity contribution in [2.45, 2.75) is 19.8 Å². The average Bonchev–Trinajstić information content (AvgIpc) is 2.78. The topological polar surface area (TPSA) is 18.5 Å². The summed E-state index contributed by atoms with van der Waals surface area (Å²) in [5.74, 6) is 1.61. The molecule has 0 heterocycles. The van der Waals surface area contributed by atoms with Gasteiger partial charge in [0.05, 0.1) is 13.7 Å². The van der Waals surface area contributed by atoms with E-state index in [0.717, 1.165) is 29.7 Å². The van der Waals surface area contributed by atoms with Crippen LogP contribution in [0.5, 0.6) is 11.5 Å². The van der Waals surface area contributed by atoms with Gasteiger partial charge < -0.3 is 9.47 Å². The van der Waals surface area contributed by atoms with E-state index in [1.54, 1.807) is 7.11 Å². The largest absolute Gasteiger partial charge is 0.493 e. The molecule has 0 radical (unpaired) electrons. The molecule has 5 aromatic rings. The lowest BCUT2D eigenvalue weighted by molar-refractivity contribution is 0.289. The summed E-state index contributed by atoms with van der Waals surface area (Å²) in [4.78, 5) is 0. The summed E-state index contributed by atoms with van der Waals surface area (Å²) >= 11 is 0. The van der Waals surface area contributed by atoms with E-state index < -0.39 is 0 Å². The van der Waals surface area contributed by atoms with Crippen LogP contribution in [0, 0.1) is 0 Å². The Labute approximate surface area is 170 Å². The molecule has 0 amide bonds. The number of rotatable bonds is 5. The van der Waals surface area contributed by atoms with Crippen molar-refractivity contribution in [1.29, 1.82) is 0 Å². The fourth-order valence-corrected chi connectivity index (χ4v) is 4.33. The molecule has 0 aliphatic carbocycles. The minimum absolute atomic E-state index is 0.701. The smallest absolute Gasteiger partial charge is 0.161 e. The second kappa shape index (κ2) is 7.29. The number of fused-ring (bicyclic) bond motifs is 8. The van der Waals surface area contributed by atoms with Gasteiger partial charge in [-0.2, -0.15) is 0 Å². The maximum absolute atomic E-state index is 6.10. The third-order valence-corrected chi connectivity index (χ3v) is 5.76. The summed E-state index contributed by atoms with van der Waals surface area (Å²) in [5.41, 5.74) is 0. The third kappa shape index (κ3) is 2.87. The molecule has 0 atom stereocenters. The number of unbranched alkanes of at least 4 members (excludes halogenated alkanes) is 1. The Balaban J connectivity index is 1.91. The summed E-state index contributed by atoms with van der Waals surface area (Å²) in [7, 11) is 1.71. The van der Waals surface area contributed by atoms with Crippen molar-refractivity contribution in [2.75, 3.05) is 13.7 Å². The molecule has 2 heteroatoms. The number of benzene rings is 5. The molecule has 0 saturated carbocycles. The molecule has 144 valence electrons. The molecule has 0 saturated heterocycles. The van der Waals surface area contributed by atoms with Gasteiger partial charge in [-0.15, -0.1) is 0 Å². The Bertz CT molecular complexity index is 1320. The molecule has 0 bridgehead atoms. The zero-order valence-electron chi connectivity index (χ0n) is 16.9. The summed E-state index contributed by atoms with van der Waals surface area (Å²) < 4.78 is 11.7. The van der Waals surface area contributed by atoms with Crippen LogP contribution in [0.1, 0.15) is 19.8 Å². The highest BCUT2D eigenvalue weighted by Gasteiger charge is 2.14. The van der Waals surface area contributed by atoms with Gasteiger partial charge in [0.1, 0.15) is 0 Å². The highest BCUT2D eigenvalue weighted by molar-refractivity contribution is 6.31. The summed E-state index contributed by atoms with van der Waals surface area (Å²) in [6.07, 6.45) is 2.14. The Hall–Kier alpha value is -3.26. The van der Waals surface area contributed by atoms with Gasteiger partial charge in [0, 0.05) is 0 Å². The lowest BCUT2D eigenvalue weighted by Crippen LogP contribution is -1.99. The van der Waals surface area contributed by atoms with Crippen molar-refractivity contribution < 1.29 is 9.47 Å². The molecule has 5 rings (SSSR count). The molecule has 29 heavy (non-hydrogen) atoms. The van der Waals surface area contributed by atoms with Gasteiger partial charge in [0.25, 0.3) is 0 Å². The van der Waals surface area contributed by atoms with Crippen LogP contribution >= 0.6 is 0 Å². The number of hydrogen-bond donors (Lipinski definition) is 0. The van der Waals surface area contributed by atoms with E-state index in [1.165, 1.54) is 37.7 Å². The van der Waals surface area contributed by atoms with Crippen LogP contribution in [0.2, 0.25) is 0 Å². The van der Waals surface area contributed by atoms with Gasteiger partial charge in [-0.1, -0.05) is 74.0 Å². The molecule has 0 aromatic heterocycles. The van der Waals surface area contributed by atoms with Crippen molar-refractivity contribution >= 4 is 43.1 Å². The SMILES string of the molecule is CCCCOc1cc2c(ccc3c4ccccc4c4ccccc4c23)cc1OC. The molecule has 0 aliphatic heterocycles. The second-order valence-corrected chi connectivity index (χ2v) is 7.51. The van der Waals surface area contributed by atoms with Gasteiger partial charge in [-0.05, 0) is 61.6 Å². The van der Waals surface area contributed by atoms with Crippen molar-refractivity contribution in [3.8, 4) is 11.5 Å². The van der Waals surface area contributed by atoms with E-state index in [1.807, 2.05) is 0 Å². The Morgan fingerprint density at radius 3 is 1.93 bits per heavy atom. The Kier molecular flexibility index (Phi) is 4.48. The van der Waals surface area contributed by atoms with Gasteiger partial charge in [-0.25, -0.2) is 0 Å². The first-order valence-electron chi connectivity index (χ1n) is 10.3. The fraction of sp³-hybridized carbons (Fsp3) is 0.185. The zero-order valence-corrected chi connectivity index (χ0v) is 16.9. The van der Waals surface area contributed by atoms with Crippen LogP contribution < -0.4 is 9.47 Å². The minimum atomic E-state index is 0.701. The maximum Gasteiger partial charge on any atom is 0.161 e. The standard InChI is InChI=1S/C27H24O2/c1-3-4-15-29-26-17-24-18(16-25(26)28-2)13-14-23-21-11-6-5-9-19(21)20-10-7-8-12-22(20)27(23)24/h5-14,16-17H,3-4,15H2,1-2H3. The zero-order chi connectivity index (χ0) is 19.8. The number of ether oxygens (including phenoxy) is 2. The van der Waals surface area contributed by atoms with Crippen molar-refractivity contribution in [3.63, 3.8) is 0 Å². The quantitative estimate of drug-likeness (QED) is 0.232. The van der Waals surface area contributed by atoms with Crippen LogP contribution in [0.15, 0.2) is 72.8 Å². The van der Waals surface area contributed by atoms with E-state index in [4.69, 9.17) is 9.47 Å². The molecule has 0 spiro atoms. The normalized spacial score (nSPS) is 11.5. The minimum Gasteiger partial charge on any atom is -0.493 e. The fourth-order valence-electron chi connectivity index (χ4n) is 4.33. The van der Waals surface area contributed by atoms with E-state index in [9.17, 15) is 0 Å². The van der Waals surface area contributed by atoms with Gasteiger partial charge in [-0.3, -0.25) is 0 Å². The summed E-state index contributed by atoms with van der Waals surface area (Å²) in [6.45, 7) is 2.87. The van der Waals surface area contributed by atoms with Crippen LogP contribution in [0.3, 0.4) is 0 Å². The van der Waals surface area contributed by atoms with Crippen molar-refractivity contribution in [1.82, 2.24) is 0 Å². The first-order chi connectivity index (χ1) is 14.3. The van der Waals surface area contributed by atoms with E-state index >= 15 is 0 Å². The molecule has 5 aromatic carbocycles. The van der Waals surface area contributed by atoms with E-state index in [-0.39, 0.29) is 0 Å². The third-order valence-electron chi connectivity index (χ3n) is 5.76. The predicted molar refractivity (Wildman–Crippen MR) is 123 cm³/mol. The van der Waals surface area contributed by atoms with Gasteiger partial charge in [0.15, 0.2) is 11.5 Å². The molecule has 0 fully saturated rings. The van der Waals surface area contributed by atoms with Crippen molar-refractivity contribution in [3.05, 3.63) is 72.8 Å². The number of methoxy groups -OCH3 is 1. The van der Waals surface area contributed by atoms with Crippen LogP contribution in [-0.4, -0.2) is 13.7 Å². The van der Waals surface area contributed by atoms with E-state index in [2.05, 4.69) is 79.7 Å². The van der Waals surface area contributed by atoms with Gasteiger partial charge in [0.2, 0.25) is 0 Å². The first-order valence-corrected chi connectivity index (χ1v) is 10.3. The molecule has 0 unspecified atom stereocenters. The molecular formula is C27H24O2. The first kappa shape index (κ1) is 17.8. The Morgan fingerprint density at radius 2 is 1.28 bits per heavy atom. The lowest BCUT2D eigenvalue weighted by Gasteiger charge is -2.16. The van der Waals surface area contributed by atoms with E-state index in [0.29, 0.717) is 6.61 Å². The van der Waals surface area contributed by atoms with Crippen LogP contribution in [0.25, 0.3) is 43.1 Å². The average molecular weight is 380 g/mol.